The van der Waals surface area contributed by atoms with Gasteiger partial charge in [0.1, 0.15) is 6.04 Å². The summed E-state index contributed by atoms with van der Waals surface area (Å²) in [4.78, 5) is 34.3. The third-order valence-electron chi connectivity index (χ3n) is 1.95. The van der Waals surface area contributed by atoms with Crippen molar-refractivity contribution in [2.24, 2.45) is 0 Å². The minimum atomic E-state index is -1.34. The summed E-state index contributed by atoms with van der Waals surface area (Å²) in [6.07, 6.45) is 0.447. The molecule has 0 fully saturated rings. The number of nitrogens with one attached hydrogen (secondary N) is 1. The first kappa shape index (κ1) is 13.4. The van der Waals surface area contributed by atoms with E-state index in [-0.39, 0.29) is 11.5 Å². The third kappa shape index (κ3) is 3.70. The van der Waals surface area contributed by atoms with Crippen LogP contribution in [0.3, 0.4) is 0 Å². The number of rotatable bonds is 6. The van der Waals surface area contributed by atoms with Crippen molar-refractivity contribution in [2.75, 3.05) is 5.32 Å². The van der Waals surface area contributed by atoms with Crippen molar-refractivity contribution in [1.29, 1.82) is 0 Å². The van der Waals surface area contributed by atoms with E-state index in [0.29, 0.717) is 0 Å². The number of carboxylic acids is 2. The van der Waals surface area contributed by atoms with Gasteiger partial charge in [0.2, 0.25) is 0 Å². The smallest absolute Gasteiger partial charge is 0.363 e. The summed E-state index contributed by atoms with van der Waals surface area (Å²) in [6.45, 7) is 0. The minimum Gasteiger partial charge on any atom is -0.481 e. The molecular weight excluding hydrogens is 246 g/mol. The topological polar surface area (TPSA) is 143 Å². The van der Waals surface area contributed by atoms with E-state index in [1.807, 2.05) is 0 Å². The quantitative estimate of drug-likeness (QED) is 0.487. The number of pyridine rings is 1. The molecule has 0 radical (unpaired) electrons. The Bertz CT molecular complexity index is 472. The normalized spacial score (nSPS) is 11.6. The van der Waals surface area contributed by atoms with Crippen molar-refractivity contribution in [2.45, 2.75) is 12.5 Å². The van der Waals surface area contributed by atoms with Crippen molar-refractivity contribution in [3.05, 3.63) is 28.4 Å². The first-order chi connectivity index (χ1) is 8.40. The van der Waals surface area contributed by atoms with E-state index >= 15 is 0 Å². The molecule has 96 valence electrons. The van der Waals surface area contributed by atoms with E-state index in [0.717, 1.165) is 12.3 Å². The number of nitrogens with zero attached hydrogens (tertiary/aromatic N) is 2. The molecule has 1 aromatic heterocycles. The van der Waals surface area contributed by atoms with Crippen molar-refractivity contribution in [3.63, 3.8) is 0 Å². The number of carboxylic acid groups (broad SMARTS) is 2. The van der Waals surface area contributed by atoms with Crippen molar-refractivity contribution in [3.8, 4) is 0 Å². The molecule has 0 aliphatic rings. The van der Waals surface area contributed by atoms with Crippen LogP contribution < -0.4 is 5.32 Å². The summed E-state index contributed by atoms with van der Waals surface area (Å²) in [5, 5.41) is 30.0. The van der Waals surface area contributed by atoms with Crippen LogP contribution in [-0.2, 0) is 9.59 Å². The molecule has 1 aromatic rings. The lowest BCUT2D eigenvalue weighted by atomic mass is 10.2. The second-order valence-corrected chi connectivity index (χ2v) is 3.30. The van der Waals surface area contributed by atoms with E-state index in [1.54, 1.807) is 0 Å². The fraction of sp³-hybridized carbons (Fsp3) is 0.222. The van der Waals surface area contributed by atoms with Gasteiger partial charge in [-0.3, -0.25) is 4.79 Å². The van der Waals surface area contributed by atoms with Gasteiger partial charge in [-0.2, -0.15) is 0 Å². The van der Waals surface area contributed by atoms with Crippen LogP contribution in [0.15, 0.2) is 18.3 Å². The zero-order valence-corrected chi connectivity index (χ0v) is 8.94. The molecular formula is C9H9N3O6. The van der Waals surface area contributed by atoms with Gasteiger partial charge in [0.15, 0.2) is 6.20 Å². The maximum absolute atomic E-state index is 10.8. The van der Waals surface area contributed by atoms with Crippen LogP contribution in [0.4, 0.5) is 11.5 Å². The molecule has 0 saturated carbocycles. The largest absolute Gasteiger partial charge is 0.481 e. The van der Waals surface area contributed by atoms with Gasteiger partial charge in [-0.25, -0.2) is 4.79 Å². The van der Waals surface area contributed by atoms with E-state index in [2.05, 4.69) is 10.3 Å². The Kier molecular flexibility index (Phi) is 4.13. The van der Waals surface area contributed by atoms with Gasteiger partial charge < -0.3 is 25.6 Å². The second-order valence-electron chi connectivity index (χ2n) is 3.30. The maximum atomic E-state index is 10.8. The lowest BCUT2D eigenvalue weighted by Crippen LogP contribution is -2.31. The Morgan fingerprint density at radius 1 is 1.44 bits per heavy atom. The number of aromatic nitrogens is 1. The molecule has 9 nitrogen and oxygen atoms in total. The molecule has 0 aliphatic carbocycles. The SMILES string of the molecule is O=C(O)CC(Nc1ccc([N+](=O)[O-])nc1)C(=O)O. The molecule has 1 unspecified atom stereocenters. The van der Waals surface area contributed by atoms with Crippen LogP contribution in [0.2, 0.25) is 0 Å². The molecule has 0 saturated heterocycles. The van der Waals surface area contributed by atoms with Crippen molar-refractivity contribution >= 4 is 23.4 Å². The molecule has 1 rings (SSSR count). The third-order valence-corrected chi connectivity index (χ3v) is 1.95. The maximum Gasteiger partial charge on any atom is 0.363 e. The summed E-state index contributed by atoms with van der Waals surface area (Å²) in [5.41, 5.74) is 0.189. The zero-order valence-electron chi connectivity index (χ0n) is 8.94. The van der Waals surface area contributed by atoms with Gasteiger partial charge in [0.05, 0.1) is 12.1 Å². The predicted molar refractivity (Wildman–Crippen MR) is 58.2 cm³/mol. The summed E-state index contributed by atoms with van der Waals surface area (Å²) < 4.78 is 0. The number of carbonyl (C=O) groups is 2. The average Bonchev–Trinajstić information content (AvgIpc) is 2.28. The van der Waals surface area contributed by atoms with Crippen LogP contribution in [0.25, 0.3) is 0 Å². The lowest BCUT2D eigenvalue weighted by molar-refractivity contribution is -0.389. The minimum absolute atomic E-state index is 0.189. The molecule has 18 heavy (non-hydrogen) atoms. The standard InChI is InChI=1S/C9H9N3O6/c13-8(14)3-6(9(15)16)11-5-1-2-7(10-4-5)12(17)18/h1-2,4,6,11H,3H2,(H,13,14)(H,15,16). The van der Waals surface area contributed by atoms with Gasteiger partial charge in [0.25, 0.3) is 0 Å². The van der Waals surface area contributed by atoms with Gasteiger partial charge in [-0.15, -0.1) is 0 Å². The molecule has 0 amide bonds. The molecule has 0 spiro atoms. The summed E-state index contributed by atoms with van der Waals surface area (Å²) in [7, 11) is 0. The molecule has 3 N–H and O–H groups in total. The Balaban J connectivity index is 2.78. The first-order valence-corrected chi connectivity index (χ1v) is 4.71. The number of anilines is 1. The number of hydrogen-bond acceptors (Lipinski definition) is 6. The fourth-order valence-electron chi connectivity index (χ4n) is 1.16. The van der Waals surface area contributed by atoms with Gasteiger partial charge >= 0.3 is 17.8 Å². The Morgan fingerprint density at radius 3 is 2.50 bits per heavy atom. The Hall–Kier alpha value is -2.71. The highest BCUT2D eigenvalue weighted by atomic mass is 16.6. The molecule has 0 aliphatic heterocycles. The van der Waals surface area contributed by atoms with Crippen LogP contribution >= 0.6 is 0 Å². The van der Waals surface area contributed by atoms with Gasteiger partial charge in [-0.1, -0.05) is 0 Å². The predicted octanol–water partition coefficient (Wildman–Crippen LogP) is 0.330. The summed E-state index contributed by atoms with van der Waals surface area (Å²) in [5.74, 6) is -2.99. The number of hydrogen-bond donors (Lipinski definition) is 3. The zero-order chi connectivity index (χ0) is 13.7. The second kappa shape index (κ2) is 5.57. The van der Waals surface area contributed by atoms with E-state index < -0.39 is 29.3 Å². The molecule has 1 heterocycles. The van der Waals surface area contributed by atoms with Crippen LogP contribution in [-0.4, -0.2) is 38.1 Å². The number of nitro groups is 1. The summed E-state index contributed by atoms with van der Waals surface area (Å²) >= 11 is 0. The van der Waals surface area contributed by atoms with E-state index in [9.17, 15) is 19.7 Å². The lowest BCUT2D eigenvalue weighted by Gasteiger charge is -2.12. The van der Waals surface area contributed by atoms with E-state index in [4.69, 9.17) is 10.2 Å². The van der Waals surface area contributed by atoms with Crippen molar-refractivity contribution in [1.82, 2.24) is 4.98 Å². The molecule has 1 atom stereocenters. The van der Waals surface area contributed by atoms with Gasteiger partial charge in [0, 0.05) is 6.07 Å². The van der Waals surface area contributed by atoms with Crippen LogP contribution in [0, 0.1) is 10.1 Å². The van der Waals surface area contributed by atoms with Crippen molar-refractivity contribution < 1.29 is 24.7 Å². The number of aliphatic carboxylic acids is 2. The summed E-state index contributed by atoms with van der Waals surface area (Å²) in [6, 6.07) is 1.01. The highest BCUT2D eigenvalue weighted by molar-refractivity contribution is 5.83. The van der Waals surface area contributed by atoms with Gasteiger partial charge in [-0.05, 0) is 16.0 Å². The van der Waals surface area contributed by atoms with Crippen LogP contribution in [0.5, 0.6) is 0 Å². The highest BCUT2D eigenvalue weighted by Crippen LogP contribution is 2.13. The molecule has 9 heteroatoms. The van der Waals surface area contributed by atoms with E-state index in [1.165, 1.54) is 6.07 Å². The molecule has 0 bridgehead atoms. The average molecular weight is 255 g/mol. The highest BCUT2D eigenvalue weighted by Gasteiger charge is 2.21. The fourth-order valence-corrected chi connectivity index (χ4v) is 1.16. The molecule has 0 aromatic carbocycles. The first-order valence-electron chi connectivity index (χ1n) is 4.71. The van der Waals surface area contributed by atoms with Crippen LogP contribution in [0.1, 0.15) is 6.42 Å². The Labute approximate surface area is 100 Å². The Morgan fingerprint density at radius 2 is 2.11 bits per heavy atom. The monoisotopic (exact) mass is 255 g/mol.